The summed E-state index contributed by atoms with van der Waals surface area (Å²) in [6.07, 6.45) is 1.18. The number of thiophene rings is 1. The highest BCUT2D eigenvalue weighted by molar-refractivity contribution is 7.23. The van der Waals surface area contributed by atoms with E-state index in [1.54, 1.807) is 12.1 Å². The topological polar surface area (TPSA) is 83.5 Å². The Kier molecular flexibility index (Phi) is 3.96. The number of benzene rings is 2. The fourth-order valence-electron chi connectivity index (χ4n) is 2.43. The molecule has 8 heteroatoms. The van der Waals surface area contributed by atoms with Crippen LogP contribution < -0.4 is 5.48 Å². The third-order valence-electron chi connectivity index (χ3n) is 3.54. The van der Waals surface area contributed by atoms with E-state index in [0.29, 0.717) is 27.8 Å². The molecule has 0 aliphatic carbocycles. The second-order valence-corrected chi connectivity index (χ2v) is 6.15. The molecule has 0 atom stereocenters. The number of hydroxylamine groups is 1. The quantitative estimate of drug-likeness (QED) is 0.322. The monoisotopic (exact) mass is 354 g/mol. The molecule has 2 aromatic carbocycles. The first kappa shape index (κ1) is 15.4. The van der Waals surface area contributed by atoms with Crippen LogP contribution in [0.3, 0.4) is 0 Å². The molecule has 2 heterocycles. The largest absolute Gasteiger partial charge is 0.333 e. The molecule has 25 heavy (non-hydrogen) atoms. The van der Waals surface area contributed by atoms with Crippen molar-refractivity contribution in [3.63, 3.8) is 0 Å². The van der Waals surface area contributed by atoms with Crippen LogP contribution in [0.4, 0.5) is 10.1 Å². The van der Waals surface area contributed by atoms with Crippen molar-refractivity contribution in [2.45, 2.75) is 0 Å². The zero-order chi connectivity index (χ0) is 17.2. The van der Waals surface area contributed by atoms with Crippen LogP contribution in [0.2, 0.25) is 0 Å². The minimum absolute atomic E-state index is 0.311. The van der Waals surface area contributed by atoms with E-state index in [-0.39, 0.29) is 5.82 Å². The molecule has 0 saturated carbocycles. The molecule has 4 aromatic rings. The average molecular weight is 354 g/mol. The number of aliphatic imine (C=N–C) groups is 1. The summed E-state index contributed by atoms with van der Waals surface area (Å²) >= 11 is 1.46. The van der Waals surface area contributed by atoms with E-state index in [1.165, 1.54) is 29.8 Å². The molecule has 4 rings (SSSR count). The Hall–Kier alpha value is -3.10. The SMILES string of the molecule is ONC=Nc1c(-c2nc(-c3ccc(F)cc3)no2)sc2ccccc12. The summed E-state index contributed by atoms with van der Waals surface area (Å²) in [5.41, 5.74) is 3.17. The van der Waals surface area contributed by atoms with E-state index in [9.17, 15) is 4.39 Å². The van der Waals surface area contributed by atoms with Crippen LogP contribution in [-0.2, 0) is 0 Å². The lowest BCUT2D eigenvalue weighted by Gasteiger charge is -1.94. The molecular weight excluding hydrogens is 343 g/mol. The third-order valence-corrected chi connectivity index (χ3v) is 4.69. The van der Waals surface area contributed by atoms with Crippen molar-refractivity contribution in [2.75, 3.05) is 0 Å². The number of aromatic nitrogens is 2. The first-order chi connectivity index (χ1) is 12.3. The number of hydrogen-bond acceptors (Lipinski definition) is 6. The van der Waals surface area contributed by atoms with Gasteiger partial charge in [-0.1, -0.05) is 23.4 Å². The van der Waals surface area contributed by atoms with Crippen molar-refractivity contribution in [3.8, 4) is 22.2 Å². The molecule has 0 aliphatic rings. The first-order valence-corrected chi connectivity index (χ1v) is 8.11. The molecular formula is C17H11FN4O2S. The molecule has 0 amide bonds. The molecule has 0 bridgehead atoms. The van der Waals surface area contributed by atoms with Crippen molar-refractivity contribution in [3.05, 3.63) is 54.3 Å². The fraction of sp³-hybridized carbons (Fsp3) is 0. The van der Waals surface area contributed by atoms with E-state index in [4.69, 9.17) is 9.73 Å². The molecule has 0 radical (unpaired) electrons. The van der Waals surface area contributed by atoms with Gasteiger partial charge in [-0.05, 0) is 30.3 Å². The van der Waals surface area contributed by atoms with Crippen molar-refractivity contribution in [1.82, 2.24) is 15.6 Å². The van der Waals surface area contributed by atoms with Gasteiger partial charge in [0, 0.05) is 15.6 Å². The summed E-state index contributed by atoms with van der Waals surface area (Å²) in [6.45, 7) is 0. The number of nitrogens with one attached hydrogen (secondary N) is 1. The molecule has 0 spiro atoms. The van der Waals surface area contributed by atoms with Crippen molar-refractivity contribution in [1.29, 1.82) is 0 Å². The molecule has 2 N–H and O–H groups in total. The van der Waals surface area contributed by atoms with E-state index in [1.807, 2.05) is 29.7 Å². The summed E-state index contributed by atoms with van der Waals surface area (Å²) < 4.78 is 19.4. The van der Waals surface area contributed by atoms with Gasteiger partial charge in [-0.15, -0.1) is 11.3 Å². The maximum Gasteiger partial charge on any atom is 0.270 e. The second kappa shape index (κ2) is 6.42. The average Bonchev–Trinajstić information content (AvgIpc) is 3.25. The van der Waals surface area contributed by atoms with Crippen LogP contribution in [0, 0.1) is 5.82 Å². The molecule has 0 fully saturated rings. The molecule has 2 aromatic heterocycles. The van der Waals surface area contributed by atoms with E-state index < -0.39 is 0 Å². The Morgan fingerprint density at radius 1 is 1.16 bits per heavy atom. The van der Waals surface area contributed by atoms with E-state index in [2.05, 4.69) is 15.1 Å². The minimum Gasteiger partial charge on any atom is -0.333 e. The summed E-state index contributed by atoms with van der Waals surface area (Å²) in [6, 6.07) is 13.6. The Bertz CT molecular complexity index is 1060. The highest BCUT2D eigenvalue weighted by Gasteiger charge is 2.19. The molecule has 0 aliphatic heterocycles. The van der Waals surface area contributed by atoms with Crippen molar-refractivity contribution >= 4 is 33.4 Å². The first-order valence-electron chi connectivity index (χ1n) is 7.30. The van der Waals surface area contributed by atoms with E-state index >= 15 is 0 Å². The highest BCUT2D eigenvalue weighted by atomic mass is 32.1. The van der Waals surface area contributed by atoms with Crippen LogP contribution in [0.15, 0.2) is 58.0 Å². The zero-order valence-corrected chi connectivity index (χ0v) is 13.5. The Labute approximate surface area is 145 Å². The number of nitrogens with zero attached hydrogens (tertiary/aromatic N) is 3. The van der Waals surface area contributed by atoms with Crippen LogP contribution >= 0.6 is 11.3 Å². The maximum absolute atomic E-state index is 13.1. The van der Waals surface area contributed by atoms with Gasteiger partial charge in [0.05, 0.1) is 5.69 Å². The predicted octanol–water partition coefficient (Wildman–Crippen LogP) is 4.40. The number of hydrogen-bond donors (Lipinski definition) is 2. The number of halogens is 1. The minimum atomic E-state index is -0.329. The summed E-state index contributed by atoms with van der Waals surface area (Å²) in [7, 11) is 0. The van der Waals surface area contributed by atoms with E-state index in [0.717, 1.165) is 10.1 Å². The lowest BCUT2D eigenvalue weighted by molar-refractivity contribution is 0.240. The number of fused-ring (bicyclic) bond motifs is 1. The fourth-order valence-corrected chi connectivity index (χ4v) is 3.50. The summed E-state index contributed by atoms with van der Waals surface area (Å²) in [4.78, 5) is 9.32. The van der Waals surface area contributed by atoms with Gasteiger partial charge in [-0.2, -0.15) is 4.98 Å². The van der Waals surface area contributed by atoms with Gasteiger partial charge in [0.25, 0.3) is 5.89 Å². The second-order valence-electron chi connectivity index (χ2n) is 5.09. The standard InChI is InChI=1S/C17H11FN4O2S/c18-11-7-5-10(6-8-11)16-21-17(24-22-16)15-14(19-9-20-23)12-3-1-2-4-13(12)25-15/h1-9,23H,(H,19,20). The number of rotatable bonds is 4. The lowest BCUT2D eigenvalue weighted by Crippen LogP contribution is -2.00. The van der Waals surface area contributed by atoms with Gasteiger partial charge < -0.3 is 4.52 Å². The van der Waals surface area contributed by atoms with Gasteiger partial charge >= 0.3 is 0 Å². The van der Waals surface area contributed by atoms with Crippen molar-refractivity contribution in [2.24, 2.45) is 4.99 Å². The maximum atomic E-state index is 13.1. The highest BCUT2D eigenvalue weighted by Crippen LogP contribution is 2.43. The Morgan fingerprint density at radius 2 is 1.96 bits per heavy atom. The van der Waals surface area contributed by atoms with Crippen LogP contribution in [0.1, 0.15) is 0 Å². The molecule has 0 unspecified atom stereocenters. The molecule has 6 nitrogen and oxygen atoms in total. The van der Waals surface area contributed by atoms with Gasteiger partial charge in [0.2, 0.25) is 5.82 Å². The zero-order valence-electron chi connectivity index (χ0n) is 12.7. The lowest BCUT2D eigenvalue weighted by atomic mass is 10.2. The predicted molar refractivity (Wildman–Crippen MR) is 93.6 cm³/mol. The summed E-state index contributed by atoms with van der Waals surface area (Å²) in [5.74, 6) is 0.346. The Morgan fingerprint density at radius 3 is 2.76 bits per heavy atom. The Balaban J connectivity index is 1.82. The van der Waals surface area contributed by atoms with Gasteiger partial charge in [0.1, 0.15) is 17.0 Å². The van der Waals surface area contributed by atoms with Crippen LogP contribution in [0.25, 0.3) is 32.2 Å². The third kappa shape index (κ3) is 2.88. The van der Waals surface area contributed by atoms with Gasteiger partial charge in [-0.3, -0.25) is 10.7 Å². The van der Waals surface area contributed by atoms with Crippen molar-refractivity contribution < 1.29 is 14.1 Å². The smallest absolute Gasteiger partial charge is 0.270 e. The van der Waals surface area contributed by atoms with Gasteiger partial charge in [0.15, 0.2) is 0 Å². The normalized spacial score (nSPS) is 11.4. The summed E-state index contributed by atoms with van der Waals surface area (Å²) in [5, 5.41) is 13.7. The van der Waals surface area contributed by atoms with Crippen LogP contribution in [-0.4, -0.2) is 21.7 Å². The molecule has 0 saturated heterocycles. The van der Waals surface area contributed by atoms with Crippen LogP contribution in [0.5, 0.6) is 0 Å². The molecule has 124 valence electrons. The van der Waals surface area contributed by atoms with Gasteiger partial charge in [-0.25, -0.2) is 9.38 Å².